The van der Waals surface area contributed by atoms with E-state index in [-0.39, 0.29) is 24.6 Å². The van der Waals surface area contributed by atoms with Crippen LogP contribution in [0, 0.1) is 6.92 Å². The molecule has 1 aliphatic rings. The third kappa shape index (κ3) is 4.71. The molecule has 0 bridgehead atoms. The van der Waals surface area contributed by atoms with Crippen molar-refractivity contribution >= 4 is 17.4 Å². The van der Waals surface area contributed by atoms with Crippen LogP contribution in [0.3, 0.4) is 0 Å². The first-order valence-corrected chi connectivity index (χ1v) is 10.0. The van der Waals surface area contributed by atoms with E-state index in [2.05, 4.69) is 32.3 Å². The third-order valence-electron chi connectivity index (χ3n) is 5.13. The number of nitrogens with zero attached hydrogens (tertiary/aromatic N) is 4. The van der Waals surface area contributed by atoms with Gasteiger partial charge in [0.2, 0.25) is 5.91 Å². The van der Waals surface area contributed by atoms with Gasteiger partial charge in [-0.1, -0.05) is 18.2 Å². The van der Waals surface area contributed by atoms with Crippen LogP contribution in [0.4, 0.5) is 11.5 Å². The molecule has 0 unspecified atom stereocenters. The highest BCUT2D eigenvalue weighted by Gasteiger charge is 2.19. The standard InChI is InChI=1S/C22H25N5O3/c1-17-7-8-19(30-17)15-23-21(28)16-27-22(29)10-9-20(24-27)26-13-11-25(12-14-26)18-5-3-2-4-6-18/h2-10H,11-16H2,1H3,(H,23,28). The predicted molar refractivity (Wildman–Crippen MR) is 115 cm³/mol. The van der Waals surface area contributed by atoms with Crippen LogP contribution < -0.4 is 20.7 Å². The quantitative estimate of drug-likeness (QED) is 0.671. The molecule has 3 aromatic rings. The van der Waals surface area contributed by atoms with E-state index in [1.807, 2.05) is 37.3 Å². The lowest BCUT2D eigenvalue weighted by molar-refractivity contribution is -0.122. The Labute approximate surface area is 174 Å². The summed E-state index contributed by atoms with van der Waals surface area (Å²) in [5.74, 6) is 1.88. The molecular formula is C22H25N5O3. The predicted octanol–water partition coefficient (Wildman–Crippen LogP) is 1.79. The van der Waals surface area contributed by atoms with Crippen molar-refractivity contribution in [3.05, 3.63) is 76.5 Å². The summed E-state index contributed by atoms with van der Waals surface area (Å²) >= 11 is 0. The van der Waals surface area contributed by atoms with E-state index in [1.165, 1.54) is 16.4 Å². The van der Waals surface area contributed by atoms with Crippen molar-refractivity contribution in [3.8, 4) is 0 Å². The number of carbonyl (C=O) groups is 1. The van der Waals surface area contributed by atoms with E-state index in [0.717, 1.165) is 31.9 Å². The second-order valence-corrected chi connectivity index (χ2v) is 7.29. The Hall–Kier alpha value is -3.55. The molecular weight excluding hydrogens is 382 g/mol. The molecule has 1 aromatic carbocycles. The zero-order valence-electron chi connectivity index (χ0n) is 17.0. The molecule has 8 heteroatoms. The van der Waals surface area contributed by atoms with Crippen molar-refractivity contribution in [2.75, 3.05) is 36.0 Å². The average molecular weight is 407 g/mol. The zero-order chi connectivity index (χ0) is 20.9. The number of para-hydroxylation sites is 1. The van der Waals surface area contributed by atoms with E-state index < -0.39 is 0 Å². The second-order valence-electron chi connectivity index (χ2n) is 7.29. The molecule has 1 fully saturated rings. The topological polar surface area (TPSA) is 83.6 Å². The number of nitrogens with one attached hydrogen (secondary N) is 1. The maximum Gasteiger partial charge on any atom is 0.267 e. The fourth-order valence-electron chi connectivity index (χ4n) is 3.51. The normalized spacial score (nSPS) is 14.0. The molecule has 2 aromatic heterocycles. The molecule has 30 heavy (non-hydrogen) atoms. The molecule has 1 aliphatic heterocycles. The van der Waals surface area contributed by atoms with Crippen LogP contribution in [0.5, 0.6) is 0 Å². The molecule has 0 spiro atoms. The summed E-state index contributed by atoms with van der Waals surface area (Å²) in [5.41, 5.74) is 0.907. The Morgan fingerprint density at radius 1 is 1.00 bits per heavy atom. The maximum absolute atomic E-state index is 12.3. The summed E-state index contributed by atoms with van der Waals surface area (Å²) in [4.78, 5) is 28.9. The number of hydrogen-bond donors (Lipinski definition) is 1. The summed E-state index contributed by atoms with van der Waals surface area (Å²) in [6.45, 7) is 5.33. The first-order chi connectivity index (χ1) is 14.6. The van der Waals surface area contributed by atoms with Crippen LogP contribution in [0.15, 0.2) is 63.8 Å². The molecule has 0 aliphatic carbocycles. The maximum atomic E-state index is 12.3. The summed E-state index contributed by atoms with van der Waals surface area (Å²) in [6, 6.07) is 17.2. The number of carbonyl (C=O) groups excluding carboxylic acids is 1. The minimum absolute atomic E-state index is 0.129. The molecule has 1 N–H and O–H groups in total. The van der Waals surface area contributed by atoms with Gasteiger partial charge in [0.25, 0.3) is 5.56 Å². The van der Waals surface area contributed by atoms with Crippen LogP contribution in [0.1, 0.15) is 11.5 Å². The Bertz CT molecular complexity index is 1050. The molecule has 8 nitrogen and oxygen atoms in total. The van der Waals surface area contributed by atoms with Gasteiger partial charge in [-0.05, 0) is 37.3 Å². The number of anilines is 2. The van der Waals surface area contributed by atoms with E-state index in [0.29, 0.717) is 11.6 Å². The van der Waals surface area contributed by atoms with Gasteiger partial charge in [0.15, 0.2) is 0 Å². The van der Waals surface area contributed by atoms with Crippen molar-refractivity contribution in [2.45, 2.75) is 20.0 Å². The Morgan fingerprint density at radius 3 is 2.43 bits per heavy atom. The van der Waals surface area contributed by atoms with E-state index in [1.54, 1.807) is 6.07 Å². The summed E-state index contributed by atoms with van der Waals surface area (Å²) in [7, 11) is 0. The number of rotatable bonds is 6. The number of benzene rings is 1. The lowest BCUT2D eigenvalue weighted by Gasteiger charge is -2.36. The first-order valence-electron chi connectivity index (χ1n) is 10.0. The van der Waals surface area contributed by atoms with Gasteiger partial charge in [-0.25, -0.2) is 4.68 Å². The fourth-order valence-corrected chi connectivity index (χ4v) is 3.51. The number of aromatic nitrogens is 2. The highest BCUT2D eigenvalue weighted by atomic mass is 16.3. The summed E-state index contributed by atoms with van der Waals surface area (Å²) < 4.78 is 6.65. The van der Waals surface area contributed by atoms with Crippen molar-refractivity contribution in [3.63, 3.8) is 0 Å². The number of amides is 1. The van der Waals surface area contributed by atoms with E-state index in [9.17, 15) is 9.59 Å². The van der Waals surface area contributed by atoms with Crippen LogP contribution in [-0.4, -0.2) is 41.9 Å². The SMILES string of the molecule is Cc1ccc(CNC(=O)Cn2nc(N3CCN(c4ccccc4)CC3)ccc2=O)o1. The average Bonchev–Trinajstić information content (AvgIpc) is 3.20. The minimum atomic E-state index is -0.300. The van der Waals surface area contributed by atoms with Crippen LogP contribution in [0.2, 0.25) is 0 Å². The van der Waals surface area contributed by atoms with Gasteiger partial charge < -0.3 is 19.5 Å². The van der Waals surface area contributed by atoms with Crippen LogP contribution >= 0.6 is 0 Å². The van der Waals surface area contributed by atoms with Gasteiger partial charge in [-0.15, -0.1) is 0 Å². The highest BCUT2D eigenvalue weighted by Crippen LogP contribution is 2.18. The van der Waals surface area contributed by atoms with E-state index >= 15 is 0 Å². The van der Waals surface area contributed by atoms with Gasteiger partial charge in [-0.2, -0.15) is 5.10 Å². The molecule has 1 saturated heterocycles. The number of piperazine rings is 1. The second kappa shape index (κ2) is 8.86. The molecule has 0 saturated carbocycles. The minimum Gasteiger partial charge on any atom is -0.465 e. The zero-order valence-corrected chi connectivity index (χ0v) is 17.0. The first kappa shape index (κ1) is 19.8. The lowest BCUT2D eigenvalue weighted by atomic mass is 10.2. The monoisotopic (exact) mass is 407 g/mol. The molecule has 0 atom stereocenters. The van der Waals surface area contributed by atoms with Crippen molar-refractivity contribution in [1.82, 2.24) is 15.1 Å². The summed E-state index contributed by atoms with van der Waals surface area (Å²) in [6.07, 6.45) is 0. The molecule has 156 valence electrons. The molecule has 3 heterocycles. The summed E-state index contributed by atoms with van der Waals surface area (Å²) in [5, 5.41) is 7.18. The molecule has 4 rings (SSSR count). The Balaban J connectivity index is 1.36. The van der Waals surface area contributed by atoms with Gasteiger partial charge in [0, 0.05) is 37.9 Å². The Kier molecular flexibility index (Phi) is 5.83. The van der Waals surface area contributed by atoms with E-state index in [4.69, 9.17) is 4.42 Å². The smallest absolute Gasteiger partial charge is 0.267 e. The van der Waals surface area contributed by atoms with Gasteiger partial charge in [0.05, 0.1) is 6.54 Å². The third-order valence-corrected chi connectivity index (χ3v) is 5.13. The number of furan rings is 1. The van der Waals surface area contributed by atoms with Crippen molar-refractivity contribution in [1.29, 1.82) is 0 Å². The van der Waals surface area contributed by atoms with Gasteiger partial charge >= 0.3 is 0 Å². The van der Waals surface area contributed by atoms with Crippen molar-refractivity contribution < 1.29 is 9.21 Å². The highest BCUT2D eigenvalue weighted by molar-refractivity contribution is 5.75. The molecule has 1 amide bonds. The van der Waals surface area contributed by atoms with Crippen LogP contribution in [-0.2, 0) is 17.9 Å². The number of hydrogen-bond acceptors (Lipinski definition) is 6. The lowest BCUT2D eigenvalue weighted by Crippen LogP contribution is -2.47. The van der Waals surface area contributed by atoms with Gasteiger partial charge in [0.1, 0.15) is 23.9 Å². The molecule has 0 radical (unpaired) electrons. The Morgan fingerprint density at radius 2 is 1.73 bits per heavy atom. The van der Waals surface area contributed by atoms with Crippen LogP contribution in [0.25, 0.3) is 0 Å². The van der Waals surface area contributed by atoms with Crippen molar-refractivity contribution in [2.24, 2.45) is 0 Å². The van der Waals surface area contributed by atoms with Gasteiger partial charge in [-0.3, -0.25) is 9.59 Å². The number of aryl methyl sites for hydroxylation is 1. The fraction of sp³-hybridized carbons (Fsp3) is 0.318. The largest absolute Gasteiger partial charge is 0.465 e.